The minimum Gasteiger partial charge on any atom is -0.512 e. The van der Waals surface area contributed by atoms with E-state index in [9.17, 15) is 9.90 Å². The maximum Gasteiger partial charge on any atom is 0.164 e. The summed E-state index contributed by atoms with van der Waals surface area (Å²) in [7, 11) is 0. The summed E-state index contributed by atoms with van der Waals surface area (Å²) in [5, 5.41) is 11.4. The smallest absolute Gasteiger partial charge is 0.164 e. The number of carbonyl (C=O) groups is 1. The zero-order valence-electron chi connectivity index (χ0n) is 34.3. The van der Waals surface area contributed by atoms with E-state index in [0.29, 0.717) is 0 Å². The zero-order valence-corrected chi connectivity index (χ0v) is 37.5. The Morgan fingerprint density at radius 2 is 1.36 bits per heavy atom. The van der Waals surface area contributed by atoms with Crippen LogP contribution in [0.3, 0.4) is 0 Å². The molecule has 0 aliphatic rings. The maximum absolute atomic E-state index is 12.2. The molecule has 285 valence electrons. The molecular weight excluding hydrogens is 847 g/mol. The van der Waals surface area contributed by atoms with Crippen LogP contribution in [-0.4, -0.2) is 15.9 Å². The summed E-state index contributed by atoms with van der Waals surface area (Å²) in [6, 6.07) is 25.9. The molecule has 3 nitrogen and oxygen atoms in total. The summed E-state index contributed by atoms with van der Waals surface area (Å²) in [6.45, 7) is 27.6. The van der Waals surface area contributed by atoms with E-state index in [0.717, 1.165) is 42.5 Å². The Bertz CT molecular complexity index is 2030. The van der Waals surface area contributed by atoms with Crippen molar-refractivity contribution in [3.63, 3.8) is 0 Å². The van der Waals surface area contributed by atoms with Gasteiger partial charge in [0, 0.05) is 58.5 Å². The second kappa shape index (κ2) is 17.8. The van der Waals surface area contributed by atoms with Gasteiger partial charge in [0.15, 0.2) is 5.78 Å². The number of pyridine rings is 1. The number of rotatable bonds is 10. The van der Waals surface area contributed by atoms with Crippen LogP contribution in [-0.2, 0) is 30.3 Å². The van der Waals surface area contributed by atoms with Gasteiger partial charge < -0.3 is 10.1 Å². The number of aromatic nitrogens is 1. The van der Waals surface area contributed by atoms with Crippen molar-refractivity contribution in [3.8, 4) is 32.8 Å². The van der Waals surface area contributed by atoms with Gasteiger partial charge in [-0.25, -0.2) is 0 Å². The van der Waals surface area contributed by atoms with E-state index in [1.54, 1.807) is 0 Å². The molecule has 1 N–H and O–H groups in total. The SMILES string of the molecule is CCC(C)(CC)C(=O)/C=C(\O)C(C)(CC)CC.Cc1[c-]c(-c2nccc3c(C)c(-c4ccc(-c5ccc(C)cc5)cc4C(C)(C)C)sc23)cc(C)c1.[Ir]. The summed E-state index contributed by atoms with van der Waals surface area (Å²) in [5.41, 5.74) is 11.7. The molecule has 5 aromatic rings. The van der Waals surface area contributed by atoms with Crippen LogP contribution in [0.2, 0.25) is 0 Å². The van der Waals surface area contributed by atoms with E-state index in [2.05, 4.69) is 115 Å². The van der Waals surface area contributed by atoms with Crippen molar-refractivity contribution in [2.24, 2.45) is 10.8 Å². The van der Waals surface area contributed by atoms with Gasteiger partial charge in [-0.15, -0.1) is 46.2 Å². The molecule has 2 heterocycles. The summed E-state index contributed by atoms with van der Waals surface area (Å²) < 4.78 is 1.24. The van der Waals surface area contributed by atoms with E-state index in [-0.39, 0.29) is 47.9 Å². The van der Waals surface area contributed by atoms with Gasteiger partial charge in [-0.1, -0.05) is 118 Å². The molecule has 2 aromatic heterocycles. The number of fused-ring (bicyclic) bond motifs is 1. The molecule has 0 aliphatic carbocycles. The third-order valence-electron chi connectivity index (χ3n) is 11.3. The molecule has 0 spiro atoms. The molecular formula is C48H60IrNO2S-. The van der Waals surface area contributed by atoms with Crippen LogP contribution < -0.4 is 0 Å². The molecule has 0 amide bonds. The van der Waals surface area contributed by atoms with Crippen molar-refractivity contribution in [2.45, 2.75) is 121 Å². The zero-order chi connectivity index (χ0) is 38.6. The van der Waals surface area contributed by atoms with Crippen LogP contribution in [0.25, 0.3) is 42.9 Å². The molecule has 53 heavy (non-hydrogen) atoms. The Kier molecular flexibility index (Phi) is 14.8. The maximum atomic E-state index is 12.2. The predicted molar refractivity (Wildman–Crippen MR) is 226 cm³/mol. The average molecular weight is 907 g/mol. The number of aliphatic hydroxyl groups excluding tert-OH is 1. The Morgan fingerprint density at radius 3 is 1.91 bits per heavy atom. The first kappa shape index (κ1) is 44.0. The molecule has 0 aliphatic heterocycles. The van der Waals surface area contributed by atoms with Crippen LogP contribution in [0.5, 0.6) is 0 Å². The molecule has 0 saturated carbocycles. The summed E-state index contributed by atoms with van der Waals surface area (Å²) in [4.78, 5) is 18.3. The molecule has 0 atom stereocenters. The number of hydrogen-bond acceptors (Lipinski definition) is 4. The Balaban J connectivity index is 0.000000359. The average Bonchev–Trinajstić information content (AvgIpc) is 3.46. The predicted octanol–water partition coefficient (Wildman–Crippen LogP) is 14.3. The normalized spacial score (nSPS) is 12.3. The minimum absolute atomic E-state index is 0. The summed E-state index contributed by atoms with van der Waals surface area (Å²) in [6.07, 6.45) is 6.70. The van der Waals surface area contributed by atoms with Crippen molar-refractivity contribution in [3.05, 3.63) is 113 Å². The molecule has 0 saturated heterocycles. The van der Waals surface area contributed by atoms with Gasteiger partial charge in [0.25, 0.3) is 0 Å². The van der Waals surface area contributed by atoms with Crippen molar-refractivity contribution < 1.29 is 30.0 Å². The first-order valence-corrected chi connectivity index (χ1v) is 19.8. The fourth-order valence-electron chi connectivity index (χ4n) is 6.59. The van der Waals surface area contributed by atoms with E-state index in [1.165, 1.54) is 60.0 Å². The van der Waals surface area contributed by atoms with Crippen LogP contribution in [0.1, 0.15) is 116 Å². The number of aryl methyl sites for hydroxylation is 4. The number of ketones is 1. The third kappa shape index (κ3) is 9.85. The third-order valence-corrected chi connectivity index (χ3v) is 12.7. The number of nitrogens with zero attached hydrogens (tertiary/aromatic N) is 1. The second-order valence-electron chi connectivity index (χ2n) is 16.2. The van der Waals surface area contributed by atoms with Gasteiger partial charge in [0.05, 0.1) is 0 Å². The van der Waals surface area contributed by atoms with Crippen molar-refractivity contribution in [2.75, 3.05) is 0 Å². The van der Waals surface area contributed by atoms with Gasteiger partial charge in [0.2, 0.25) is 0 Å². The molecule has 5 heteroatoms. The topological polar surface area (TPSA) is 50.2 Å². The molecule has 1 radical (unpaired) electrons. The Labute approximate surface area is 337 Å². The quantitative estimate of drug-likeness (QED) is 0.0863. The number of aliphatic hydroxyl groups is 1. The first-order valence-electron chi connectivity index (χ1n) is 19.0. The monoisotopic (exact) mass is 907 g/mol. The fraction of sp³-hybridized carbons (Fsp3) is 0.417. The molecule has 0 fully saturated rings. The van der Waals surface area contributed by atoms with Crippen molar-refractivity contribution >= 4 is 27.2 Å². The van der Waals surface area contributed by atoms with Crippen molar-refractivity contribution in [1.82, 2.24) is 4.98 Å². The van der Waals surface area contributed by atoms with E-state index >= 15 is 0 Å². The summed E-state index contributed by atoms with van der Waals surface area (Å²) in [5.74, 6) is 0.286. The fourth-order valence-corrected chi connectivity index (χ4v) is 7.94. The van der Waals surface area contributed by atoms with Crippen LogP contribution >= 0.6 is 11.3 Å². The van der Waals surface area contributed by atoms with Gasteiger partial charge in [-0.05, 0) is 90.3 Å². The second-order valence-corrected chi connectivity index (χ2v) is 17.2. The number of allylic oxidation sites excluding steroid dienone is 2. The van der Waals surface area contributed by atoms with Gasteiger partial charge >= 0.3 is 0 Å². The van der Waals surface area contributed by atoms with E-state index < -0.39 is 0 Å². The molecule has 5 rings (SSSR count). The van der Waals surface area contributed by atoms with Crippen LogP contribution in [0.15, 0.2) is 78.7 Å². The van der Waals surface area contributed by atoms with Gasteiger partial charge in [-0.2, -0.15) is 0 Å². The van der Waals surface area contributed by atoms with Crippen LogP contribution in [0, 0.1) is 44.6 Å². The molecule has 0 bridgehead atoms. The van der Waals surface area contributed by atoms with Gasteiger partial charge in [0.1, 0.15) is 5.76 Å². The van der Waals surface area contributed by atoms with Crippen molar-refractivity contribution in [1.29, 1.82) is 0 Å². The number of carbonyl (C=O) groups excluding carboxylic acids is 1. The molecule has 3 aromatic carbocycles. The Morgan fingerprint density at radius 1 is 0.774 bits per heavy atom. The number of hydrogen-bond donors (Lipinski definition) is 1. The molecule has 0 unspecified atom stereocenters. The standard InChI is InChI=1S/C33H32NS.C15H28O2.Ir/c1-20-8-10-24(11-9-20)25-12-13-28(29(19-25)33(5,6)7)31-23(4)27-14-15-34-30(32(27)35-31)26-17-21(2)16-22(3)18-26;1-7-14(5,8-2)12(16)11-13(17)15(6,9-3)10-4;/h8-17,19H,1-7H3;11,16H,7-10H2,1-6H3;/q-1;;/b;12-11-;. The van der Waals surface area contributed by atoms with Crippen LogP contribution in [0.4, 0.5) is 0 Å². The van der Waals surface area contributed by atoms with E-state index in [1.807, 2.05) is 59.1 Å². The largest absolute Gasteiger partial charge is 0.512 e. The number of benzene rings is 3. The summed E-state index contributed by atoms with van der Waals surface area (Å²) >= 11 is 1.86. The van der Waals surface area contributed by atoms with Gasteiger partial charge in [-0.3, -0.25) is 4.79 Å². The number of thiophene rings is 1. The minimum atomic E-state index is -0.337. The first-order chi connectivity index (χ1) is 24.4. The van der Waals surface area contributed by atoms with E-state index in [4.69, 9.17) is 4.98 Å². The Hall–Kier alpha value is -3.37.